The maximum atomic E-state index is 11.4. The molecule has 0 saturated carbocycles. The number of carboxylic acids is 1. The summed E-state index contributed by atoms with van der Waals surface area (Å²) >= 11 is 19.2. The molecule has 0 aromatic heterocycles. The molecule has 1 fully saturated rings. The normalized spacial score (nSPS) is 16.7. The number of hydrogen-bond donors (Lipinski definition) is 1. The van der Waals surface area contributed by atoms with E-state index in [1.807, 2.05) is 31.2 Å². The molecule has 0 amide bonds. The molecule has 7 heteroatoms. The van der Waals surface area contributed by atoms with Crippen LogP contribution in [0, 0.1) is 5.92 Å². The number of hydrogen-bond acceptors (Lipinski definition) is 3. The van der Waals surface area contributed by atoms with Gasteiger partial charge in [-0.3, -0.25) is 9.69 Å². The summed E-state index contributed by atoms with van der Waals surface area (Å²) in [6, 6.07) is 10.9. The van der Waals surface area contributed by atoms with E-state index in [-0.39, 0.29) is 12.0 Å². The van der Waals surface area contributed by atoms with Crippen molar-refractivity contribution in [1.82, 2.24) is 4.90 Å². The lowest BCUT2D eigenvalue weighted by molar-refractivity contribution is -0.143. The molecule has 1 heterocycles. The predicted molar refractivity (Wildman–Crippen MR) is 113 cm³/mol. The van der Waals surface area contributed by atoms with Crippen LogP contribution in [-0.2, 0) is 4.79 Å². The number of benzene rings is 2. The van der Waals surface area contributed by atoms with Crippen LogP contribution in [0.5, 0.6) is 5.75 Å². The summed E-state index contributed by atoms with van der Waals surface area (Å²) in [6.07, 6.45) is 1.16. The number of halogens is 3. The summed E-state index contributed by atoms with van der Waals surface area (Å²) in [4.78, 5) is 13.6. The van der Waals surface area contributed by atoms with Gasteiger partial charge in [0.15, 0.2) is 0 Å². The lowest BCUT2D eigenvalue weighted by Gasteiger charge is -2.38. The van der Waals surface area contributed by atoms with Crippen molar-refractivity contribution < 1.29 is 14.6 Å². The minimum atomic E-state index is -0.741. The van der Waals surface area contributed by atoms with Gasteiger partial charge in [-0.15, -0.1) is 0 Å². The highest BCUT2D eigenvalue weighted by molar-refractivity contribution is 6.42. The Hall–Kier alpha value is -1.46. The first-order valence-electron chi connectivity index (χ1n) is 9.25. The van der Waals surface area contributed by atoms with Crippen LogP contribution in [0.3, 0.4) is 0 Å². The highest BCUT2D eigenvalue weighted by atomic mass is 35.5. The molecule has 1 aliphatic heterocycles. The Morgan fingerprint density at radius 3 is 2.54 bits per heavy atom. The van der Waals surface area contributed by atoms with Crippen LogP contribution >= 0.6 is 34.8 Å². The summed E-state index contributed by atoms with van der Waals surface area (Å²) in [5.74, 6) is -0.333. The van der Waals surface area contributed by atoms with Crippen LogP contribution in [-0.4, -0.2) is 35.7 Å². The van der Waals surface area contributed by atoms with E-state index in [1.54, 1.807) is 12.1 Å². The molecular formula is C21H22Cl3NO3. The molecule has 3 rings (SSSR count). The maximum absolute atomic E-state index is 11.4. The molecule has 2 aromatic rings. The molecule has 1 aliphatic rings. The van der Waals surface area contributed by atoms with Crippen LogP contribution in [0.2, 0.25) is 15.1 Å². The van der Waals surface area contributed by atoms with E-state index in [0.29, 0.717) is 47.6 Å². The van der Waals surface area contributed by atoms with Crippen molar-refractivity contribution in [1.29, 1.82) is 0 Å². The largest absolute Gasteiger partial charge is 0.494 e. The monoisotopic (exact) mass is 441 g/mol. The van der Waals surface area contributed by atoms with E-state index in [9.17, 15) is 9.90 Å². The molecule has 1 saturated heterocycles. The number of carbonyl (C=O) groups is 1. The Bertz CT molecular complexity index is 851. The summed E-state index contributed by atoms with van der Waals surface area (Å²) in [7, 11) is 0. The molecular weight excluding hydrogens is 421 g/mol. The quantitative estimate of drug-likeness (QED) is 0.602. The molecule has 0 bridgehead atoms. The second-order valence-electron chi connectivity index (χ2n) is 6.81. The number of piperidine rings is 1. The highest BCUT2D eigenvalue weighted by Crippen LogP contribution is 2.42. The first kappa shape index (κ1) is 21.3. The van der Waals surface area contributed by atoms with Gasteiger partial charge in [0.05, 0.1) is 28.6 Å². The van der Waals surface area contributed by atoms with Crippen LogP contribution in [0.25, 0.3) is 0 Å². The van der Waals surface area contributed by atoms with Gasteiger partial charge in [0.25, 0.3) is 0 Å². The zero-order chi connectivity index (χ0) is 20.3. The summed E-state index contributed by atoms with van der Waals surface area (Å²) in [6.45, 7) is 3.70. The van der Waals surface area contributed by atoms with Gasteiger partial charge in [-0.2, -0.15) is 0 Å². The third-order valence-electron chi connectivity index (χ3n) is 5.09. The standard InChI is InChI=1S/C21H22Cl3NO3/c1-2-28-18-7-6-14(22)12-16(18)20(15-4-3-5-17(23)19(15)24)25-10-8-13(9-11-25)21(26)27/h3-7,12-13,20H,2,8-11H2,1H3,(H,26,27). The highest BCUT2D eigenvalue weighted by Gasteiger charge is 2.33. The molecule has 28 heavy (non-hydrogen) atoms. The number of ether oxygens (including phenoxy) is 1. The fourth-order valence-electron chi connectivity index (χ4n) is 3.72. The van der Waals surface area contributed by atoms with Gasteiger partial charge in [-0.25, -0.2) is 0 Å². The minimum Gasteiger partial charge on any atom is -0.494 e. The van der Waals surface area contributed by atoms with E-state index in [0.717, 1.165) is 16.9 Å². The van der Waals surface area contributed by atoms with Gasteiger partial charge in [0.2, 0.25) is 0 Å². The number of likely N-dealkylation sites (tertiary alicyclic amines) is 1. The topological polar surface area (TPSA) is 49.8 Å². The van der Waals surface area contributed by atoms with E-state index >= 15 is 0 Å². The van der Waals surface area contributed by atoms with Gasteiger partial charge in [-0.05, 0) is 62.7 Å². The molecule has 1 N–H and O–H groups in total. The minimum absolute atomic E-state index is 0.235. The zero-order valence-electron chi connectivity index (χ0n) is 15.5. The fraction of sp³-hybridized carbons (Fsp3) is 0.381. The van der Waals surface area contributed by atoms with Gasteiger partial charge < -0.3 is 9.84 Å². The van der Waals surface area contributed by atoms with Gasteiger partial charge in [-0.1, -0.05) is 46.9 Å². The van der Waals surface area contributed by atoms with Crippen LogP contribution in [0.4, 0.5) is 0 Å². The van der Waals surface area contributed by atoms with Gasteiger partial charge in [0, 0.05) is 10.6 Å². The lowest BCUT2D eigenvalue weighted by Crippen LogP contribution is -2.39. The summed E-state index contributed by atoms with van der Waals surface area (Å²) < 4.78 is 5.86. The first-order valence-corrected chi connectivity index (χ1v) is 10.4. The number of carboxylic acid groups (broad SMARTS) is 1. The first-order chi connectivity index (χ1) is 13.4. The Morgan fingerprint density at radius 2 is 1.89 bits per heavy atom. The van der Waals surface area contributed by atoms with Crippen molar-refractivity contribution >= 4 is 40.8 Å². The lowest BCUT2D eigenvalue weighted by atomic mass is 9.91. The molecule has 0 aliphatic carbocycles. The average molecular weight is 443 g/mol. The molecule has 4 nitrogen and oxygen atoms in total. The van der Waals surface area contributed by atoms with Crippen molar-refractivity contribution in [2.24, 2.45) is 5.92 Å². The Labute approximate surface area is 180 Å². The molecule has 2 aromatic carbocycles. The SMILES string of the molecule is CCOc1ccc(Cl)cc1C(c1cccc(Cl)c1Cl)N1CCC(C(=O)O)CC1. The molecule has 0 spiro atoms. The van der Waals surface area contributed by atoms with E-state index in [1.165, 1.54) is 0 Å². The second kappa shape index (κ2) is 9.36. The Morgan fingerprint density at radius 1 is 1.18 bits per heavy atom. The third-order valence-corrected chi connectivity index (χ3v) is 6.15. The molecule has 1 atom stereocenters. The predicted octanol–water partition coefficient (Wildman–Crippen LogP) is 5.93. The van der Waals surface area contributed by atoms with Crippen molar-refractivity contribution in [3.05, 3.63) is 62.6 Å². The van der Waals surface area contributed by atoms with Gasteiger partial charge in [0.1, 0.15) is 5.75 Å². The molecule has 1 unspecified atom stereocenters. The Kier molecular flexibility index (Phi) is 7.10. The van der Waals surface area contributed by atoms with Crippen molar-refractivity contribution in [3.8, 4) is 5.75 Å². The summed E-state index contributed by atoms with van der Waals surface area (Å²) in [5, 5.41) is 10.9. The van der Waals surface area contributed by atoms with Crippen molar-refractivity contribution in [2.75, 3.05) is 19.7 Å². The van der Waals surface area contributed by atoms with E-state index in [4.69, 9.17) is 39.5 Å². The number of aliphatic carboxylic acids is 1. The van der Waals surface area contributed by atoms with Gasteiger partial charge >= 0.3 is 5.97 Å². The zero-order valence-corrected chi connectivity index (χ0v) is 17.8. The van der Waals surface area contributed by atoms with Crippen LogP contribution in [0.1, 0.15) is 36.9 Å². The second-order valence-corrected chi connectivity index (χ2v) is 8.03. The van der Waals surface area contributed by atoms with Crippen molar-refractivity contribution in [2.45, 2.75) is 25.8 Å². The molecule has 150 valence electrons. The number of nitrogens with zero attached hydrogens (tertiary/aromatic N) is 1. The number of rotatable bonds is 6. The smallest absolute Gasteiger partial charge is 0.306 e. The average Bonchev–Trinajstić information content (AvgIpc) is 2.68. The van der Waals surface area contributed by atoms with Crippen LogP contribution in [0.15, 0.2) is 36.4 Å². The fourth-order valence-corrected chi connectivity index (χ4v) is 4.31. The maximum Gasteiger partial charge on any atom is 0.306 e. The third kappa shape index (κ3) is 4.57. The summed E-state index contributed by atoms with van der Waals surface area (Å²) in [5.41, 5.74) is 1.75. The Balaban J connectivity index is 2.07. The van der Waals surface area contributed by atoms with E-state index in [2.05, 4.69) is 4.90 Å². The van der Waals surface area contributed by atoms with E-state index < -0.39 is 5.97 Å². The van der Waals surface area contributed by atoms with Crippen molar-refractivity contribution in [3.63, 3.8) is 0 Å². The molecule has 0 radical (unpaired) electrons. The van der Waals surface area contributed by atoms with Crippen LogP contribution < -0.4 is 4.74 Å².